The predicted octanol–water partition coefficient (Wildman–Crippen LogP) is 0.590. The molecule has 2 N–H and O–H groups in total. The Labute approximate surface area is 93.4 Å². The lowest BCUT2D eigenvalue weighted by atomic mass is 10.1. The van der Waals surface area contributed by atoms with E-state index >= 15 is 0 Å². The molecule has 0 saturated carbocycles. The molecule has 0 aliphatic heterocycles. The lowest BCUT2D eigenvalue weighted by Crippen LogP contribution is -2.22. The number of ether oxygens (including phenoxy) is 1. The van der Waals surface area contributed by atoms with Gasteiger partial charge in [-0.25, -0.2) is 0 Å². The summed E-state index contributed by atoms with van der Waals surface area (Å²) >= 11 is 0. The molecule has 0 unspecified atom stereocenters. The van der Waals surface area contributed by atoms with Crippen molar-refractivity contribution in [3.8, 4) is 0 Å². The average Bonchev–Trinajstić information content (AvgIpc) is 2.70. The highest BCUT2D eigenvalue weighted by Gasteiger charge is 2.09. The number of Topliss-reactive ketones (excluding diaryl/α,β-unsaturated/α-hetero) is 1. The summed E-state index contributed by atoms with van der Waals surface area (Å²) in [5.74, 6) is 0.0922. The van der Waals surface area contributed by atoms with Crippen molar-refractivity contribution in [1.29, 1.82) is 0 Å². The number of H-pyrrole nitrogens is 1. The molecule has 0 aliphatic carbocycles. The normalized spacial score (nSPS) is 10.4. The summed E-state index contributed by atoms with van der Waals surface area (Å²) in [7, 11) is 0. The van der Waals surface area contributed by atoms with Crippen LogP contribution in [0.3, 0.4) is 0 Å². The molecule has 1 aromatic heterocycles. The van der Waals surface area contributed by atoms with Gasteiger partial charge >= 0.3 is 0 Å². The first-order chi connectivity index (χ1) is 7.59. The second-order valence-corrected chi connectivity index (χ2v) is 3.63. The number of carbonyl (C=O) groups excluding carboxylic acids is 2. The number of hydrogen-bond donors (Lipinski definition) is 2. The van der Waals surface area contributed by atoms with Crippen molar-refractivity contribution < 1.29 is 14.3 Å². The minimum absolute atomic E-state index is 0.0191. The Bertz CT molecular complexity index is 346. The molecule has 1 amide bonds. The third-order valence-corrected chi connectivity index (χ3v) is 1.90. The maximum Gasteiger partial charge on any atom is 0.251 e. The maximum absolute atomic E-state index is 11.3. The van der Waals surface area contributed by atoms with Gasteiger partial charge in [-0.15, -0.1) is 0 Å². The second kappa shape index (κ2) is 6.02. The van der Waals surface area contributed by atoms with Gasteiger partial charge in [0.25, 0.3) is 5.91 Å². The molecule has 0 spiro atoms. The van der Waals surface area contributed by atoms with Crippen molar-refractivity contribution in [2.75, 3.05) is 18.5 Å². The van der Waals surface area contributed by atoms with Crippen LogP contribution in [0.2, 0.25) is 0 Å². The van der Waals surface area contributed by atoms with Crippen molar-refractivity contribution in [2.24, 2.45) is 5.92 Å². The SMILES string of the molecule is CC(C)C(=O)COCC(=O)Nc1ccn[nH]1. The summed E-state index contributed by atoms with van der Waals surface area (Å²) in [6.45, 7) is 3.40. The fourth-order valence-electron chi connectivity index (χ4n) is 0.923. The number of aromatic amines is 1. The zero-order valence-electron chi connectivity index (χ0n) is 9.32. The average molecular weight is 225 g/mol. The Morgan fingerprint density at radius 1 is 1.50 bits per heavy atom. The van der Waals surface area contributed by atoms with Crippen LogP contribution in [0.15, 0.2) is 12.3 Å². The van der Waals surface area contributed by atoms with Crippen LogP contribution in [-0.4, -0.2) is 35.1 Å². The van der Waals surface area contributed by atoms with Crippen LogP contribution in [0.5, 0.6) is 0 Å². The van der Waals surface area contributed by atoms with Crippen molar-refractivity contribution in [2.45, 2.75) is 13.8 Å². The highest BCUT2D eigenvalue weighted by atomic mass is 16.5. The van der Waals surface area contributed by atoms with Gasteiger partial charge < -0.3 is 10.1 Å². The molecule has 16 heavy (non-hydrogen) atoms. The third-order valence-electron chi connectivity index (χ3n) is 1.90. The molecule has 1 rings (SSSR count). The molecule has 1 aromatic rings. The van der Waals surface area contributed by atoms with Gasteiger partial charge in [-0.2, -0.15) is 5.10 Å². The van der Waals surface area contributed by atoms with Crippen molar-refractivity contribution in [3.05, 3.63) is 12.3 Å². The van der Waals surface area contributed by atoms with E-state index < -0.39 is 0 Å². The minimum atomic E-state index is -0.319. The molecule has 88 valence electrons. The molecular weight excluding hydrogens is 210 g/mol. The molecule has 0 atom stereocenters. The Balaban J connectivity index is 2.18. The van der Waals surface area contributed by atoms with Crippen molar-refractivity contribution in [1.82, 2.24) is 10.2 Å². The van der Waals surface area contributed by atoms with E-state index in [4.69, 9.17) is 4.74 Å². The van der Waals surface area contributed by atoms with Gasteiger partial charge in [0.15, 0.2) is 5.78 Å². The molecule has 0 bridgehead atoms. The van der Waals surface area contributed by atoms with Crippen LogP contribution in [0, 0.1) is 5.92 Å². The molecule has 0 radical (unpaired) electrons. The number of aromatic nitrogens is 2. The van der Waals surface area contributed by atoms with E-state index in [0.717, 1.165) is 0 Å². The molecule has 6 heteroatoms. The summed E-state index contributed by atoms with van der Waals surface area (Å²) in [5.41, 5.74) is 0. The summed E-state index contributed by atoms with van der Waals surface area (Å²) in [6, 6.07) is 1.62. The van der Waals surface area contributed by atoms with E-state index in [2.05, 4.69) is 15.5 Å². The molecule has 1 heterocycles. The standard InChI is InChI=1S/C10H15N3O3/c1-7(2)8(14)5-16-6-10(15)12-9-3-4-11-13-9/h3-4,7H,5-6H2,1-2H3,(H2,11,12,13,15). The molecule has 0 fully saturated rings. The van der Waals surface area contributed by atoms with Crippen LogP contribution in [0.1, 0.15) is 13.8 Å². The first-order valence-electron chi connectivity index (χ1n) is 4.99. The fourth-order valence-corrected chi connectivity index (χ4v) is 0.923. The molecule has 0 saturated heterocycles. The monoisotopic (exact) mass is 225 g/mol. The number of anilines is 1. The third kappa shape index (κ3) is 4.22. The van der Waals surface area contributed by atoms with Gasteiger partial charge in [0.05, 0.1) is 6.20 Å². The molecule has 0 aromatic carbocycles. The largest absolute Gasteiger partial charge is 0.364 e. The smallest absolute Gasteiger partial charge is 0.251 e. The molecular formula is C10H15N3O3. The Hall–Kier alpha value is -1.69. The number of rotatable bonds is 6. The van der Waals surface area contributed by atoms with Gasteiger partial charge in [0.2, 0.25) is 0 Å². The van der Waals surface area contributed by atoms with E-state index in [1.165, 1.54) is 6.20 Å². The highest BCUT2D eigenvalue weighted by molar-refractivity contribution is 5.91. The zero-order chi connectivity index (χ0) is 12.0. The van der Waals surface area contributed by atoms with Crippen LogP contribution >= 0.6 is 0 Å². The van der Waals surface area contributed by atoms with Gasteiger partial charge in [0, 0.05) is 12.0 Å². The summed E-state index contributed by atoms with van der Waals surface area (Å²) in [5, 5.41) is 8.78. The lowest BCUT2D eigenvalue weighted by Gasteiger charge is -2.05. The first kappa shape index (κ1) is 12.4. The van der Waals surface area contributed by atoms with Crippen LogP contribution in [0.25, 0.3) is 0 Å². The highest BCUT2D eigenvalue weighted by Crippen LogP contribution is 1.98. The second-order valence-electron chi connectivity index (χ2n) is 3.63. The topological polar surface area (TPSA) is 84.1 Å². The number of nitrogens with zero attached hydrogens (tertiary/aromatic N) is 1. The van der Waals surface area contributed by atoms with E-state index in [1.807, 2.05) is 0 Å². The summed E-state index contributed by atoms with van der Waals surface area (Å²) < 4.78 is 4.97. The van der Waals surface area contributed by atoms with Gasteiger partial charge in [-0.1, -0.05) is 13.8 Å². The first-order valence-corrected chi connectivity index (χ1v) is 4.99. The molecule has 0 aliphatic rings. The Morgan fingerprint density at radius 2 is 2.25 bits per heavy atom. The van der Waals surface area contributed by atoms with E-state index in [9.17, 15) is 9.59 Å². The van der Waals surface area contributed by atoms with E-state index in [-0.39, 0.29) is 30.8 Å². The minimum Gasteiger partial charge on any atom is -0.364 e. The number of hydrogen-bond acceptors (Lipinski definition) is 4. The number of amides is 1. The van der Waals surface area contributed by atoms with Crippen LogP contribution < -0.4 is 5.32 Å². The quantitative estimate of drug-likeness (QED) is 0.742. The van der Waals surface area contributed by atoms with E-state index in [0.29, 0.717) is 5.82 Å². The zero-order valence-corrected chi connectivity index (χ0v) is 9.32. The van der Waals surface area contributed by atoms with Gasteiger partial charge in [-0.3, -0.25) is 14.7 Å². The van der Waals surface area contributed by atoms with Gasteiger partial charge in [-0.05, 0) is 0 Å². The summed E-state index contributed by atoms with van der Waals surface area (Å²) in [4.78, 5) is 22.4. The van der Waals surface area contributed by atoms with Crippen molar-refractivity contribution >= 4 is 17.5 Å². The van der Waals surface area contributed by atoms with Crippen LogP contribution in [0.4, 0.5) is 5.82 Å². The predicted molar refractivity (Wildman–Crippen MR) is 57.9 cm³/mol. The number of carbonyl (C=O) groups is 2. The van der Waals surface area contributed by atoms with Crippen molar-refractivity contribution in [3.63, 3.8) is 0 Å². The van der Waals surface area contributed by atoms with Crippen LogP contribution in [-0.2, 0) is 14.3 Å². The number of nitrogens with one attached hydrogen (secondary N) is 2. The maximum atomic E-state index is 11.3. The Morgan fingerprint density at radius 3 is 2.81 bits per heavy atom. The van der Waals surface area contributed by atoms with E-state index in [1.54, 1.807) is 19.9 Å². The fraction of sp³-hybridized carbons (Fsp3) is 0.500. The molecule has 6 nitrogen and oxygen atoms in total. The Kier molecular flexibility index (Phi) is 4.65. The van der Waals surface area contributed by atoms with Gasteiger partial charge in [0.1, 0.15) is 19.0 Å². The lowest BCUT2D eigenvalue weighted by molar-refractivity contribution is -0.129. The number of ketones is 1. The summed E-state index contributed by atoms with van der Waals surface area (Å²) in [6.07, 6.45) is 1.53.